The molecule has 0 radical (unpaired) electrons. The van der Waals surface area contributed by atoms with Gasteiger partial charge in [-0.3, -0.25) is 0 Å². The molecule has 1 N–H and O–H groups in total. The first kappa shape index (κ1) is 15.6. The maximum atomic E-state index is 11.9. The molecule has 0 fully saturated rings. The summed E-state index contributed by atoms with van der Waals surface area (Å²) in [6.45, 7) is 8.19. The zero-order valence-corrected chi connectivity index (χ0v) is 13.8. The molecule has 0 aliphatic heterocycles. The molecule has 0 saturated carbocycles. The van der Waals surface area contributed by atoms with Crippen LogP contribution in [0.15, 0.2) is 12.3 Å². The summed E-state index contributed by atoms with van der Waals surface area (Å²) in [5, 5.41) is 10.2. The van der Waals surface area contributed by atoms with E-state index in [2.05, 4.69) is 13.8 Å². The Morgan fingerprint density at radius 1 is 1.45 bits per heavy atom. The number of hydrogen-bond acceptors (Lipinski definition) is 3. The second-order valence-electron chi connectivity index (χ2n) is 7.44. The van der Waals surface area contributed by atoms with Crippen LogP contribution in [0, 0.1) is 5.41 Å². The van der Waals surface area contributed by atoms with Gasteiger partial charge >= 0.3 is 0 Å². The molecule has 0 saturated heterocycles. The highest BCUT2D eigenvalue weighted by atomic mass is 32.2. The van der Waals surface area contributed by atoms with Gasteiger partial charge in [0.1, 0.15) is 0 Å². The topological polar surface area (TPSA) is 59.3 Å². The number of fused-ring (bicyclic) bond motifs is 1. The van der Waals surface area contributed by atoms with E-state index in [1.807, 2.05) is 16.8 Å². The molecule has 0 aromatic carbocycles. The molecule has 5 heteroatoms. The monoisotopic (exact) mass is 299 g/mol. The van der Waals surface area contributed by atoms with Crippen LogP contribution in [-0.2, 0) is 22.8 Å². The van der Waals surface area contributed by atoms with Crippen molar-refractivity contribution in [3.63, 3.8) is 0 Å². The summed E-state index contributed by atoms with van der Waals surface area (Å²) in [4.78, 5) is 0. The third-order valence-corrected chi connectivity index (χ3v) is 6.56. The van der Waals surface area contributed by atoms with E-state index in [0.29, 0.717) is 6.54 Å². The van der Waals surface area contributed by atoms with E-state index in [-0.39, 0.29) is 5.41 Å². The molecule has 114 valence electrons. The van der Waals surface area contributed by atoms with Crippen molar-refractivity contribution < 1.29 is 13.5 Å². The van der Waals surface area contributed by atoms with E-state index in [4.69, 9.17) is 0 Å². The Balaban J connectivity index is 2.38. The zero-order valence-electron chi connectivity index (χ0n) is 13.0. The summed E-state index contributed by atoms with van der Waals surface area (Å²) < 4.78 is 24.9. The number of aliphatic hydroxyl groups excluding tert-OH is 1. The van der Waals surface area contributed by atoms with Gasteiger partial charge in [-0.2, -0.15) is 0 Å². The largest absolute Gasteiger partial charge is 0.388 e. The van der Waals surface area contributed by atoms with Gasteiger partial charge in [-0.05, 0) is 38.2 Å². The fourth-order valence-electron chi connectivity index (χ4n) is 2.86. The first-order chi connectivity index (χ1) is 8.93. The van der Waals surface area contributed by atoms with Crippen LogP contribution in [0.3, 0.4) is 0 Å². The predicted molar refractivity (Wildman–Crippen MR) is 80.4 cm³/mol. The number of sulfone groups is 1. The Bertz CT molecular complexity index is 611. The number of hydrogen-bond donors (Lipinski definition) is 1. The number of rotatable bonds is 3. The molecule has 20 heavy (non-hydrogen) atoms. The zero-order chi connectivity index (χ0) is 15.3. The van der Waals surface area contributed by atoms with Crippen LogP contribution in [-0.4, -0.2) is 29.1 Å². The first-order valence-corrected chi connectivity index (χ1v) is 8.88. The lowest BCUT2D eigenvalue weighted by atomic mass is 9.75. The number of aromatic nitrogens is 1. The van der Waals surface area contributed by atoms with Crippen molar-refractivity contribution in [3.8, 4) is 0 Å². The summed E-state index contributed by atoms with van der Waals surface area (Å²) in [5.41, 5.74) is 2.07. The second-order valence-corrected chi connectivity index (χ2v) is 10.1. The van der Waals surface area contributed by atoms with Crippen LogP contribution in [0.25, 0.3) is 0 Å². The predicted octanol–water partition coefficient (Wildman–Crippen LogP) is 2.32. The van der Waals surface area contributed by atoms with Crippen LogP contribution in [0.1, 0.15) is 51.5 Å². The third kappa shape index (κ3) is 2.79. The molecule has 4 nitrogen and oxygen atoms in total. The Morgan fingerprint density at radius 2 is 2.05 bits per heavy atom. The molecule has 1 aromatic heterocycles. The summed E-state index contributed by atoms with van der Waals surface area (Å²) in [6.07, 6.45) is 4.35. The number of nitrogens with zero attached hydrogens (tertiary/aromatic N) is 1. The summed E-state index contributed by atoms with van der Waals surface area (Å²) >= 11 is 0. The average Bonchev–Trinajstić information content (AvgIpc) is 2.57. The minimum atomic E-state index is -3.13. The van der Waals surface area contributed by atoms with Gasteiger partial charge in [0.25, 0.3) is 0 Å². The minimum absolute atomic E-state index is 0.0394. The van der Waals surface area contributed by atoms with E-state index in [1.54, 1.807) is 13.8 Å². The highest BCUT2D eigenvalue weighted by molar-refractivity contribution is 7.92. The third-order valence-electron chi connectivity index (χ3n) is 4.42. The Morgan fingerprint density at radius 3 is 2.60 bits per heavy atom. The first-order valence-electron chi connectivity index (χ1n) is 6.99. The van der Waals surface area contributed by atoms with Crippen LogP contribution < -0.4 is 0 Å². The van der Waals surface area contributed by atoms with Gasteiger partial charge in [0.15, 0.2) is 9.84 Å². The Labute approximate surface area is 121 Å². The molecule has 1 aromatic rings. The van der Waals surface area contributed by atoms with Gasteiger partial charge in [-0.25, -0.2) is 8.42 Å². The van der Waals surface area contributed by atoms with E-state index >= 15 is 0 Å². The lowest BCUT2D eigenvalue weighted by Crippen LogP contribution is -2.37. The molecule has 0 amide bonds. The van der Waals surface area contributed by atoms with Crippen molar-refractivity contribution in [3.05, 3.63) is 23.5 Å². The normalized spacial score (nSPS) is 22.6. The fourth-order valence-corrected chi connectivity index (χ4v) is 3.24. The molecule has 1 heterocycles. The van der Waals surface area contributed by atoms with Crippen LogP contribution in [0.5, 0.6) is 0 Å². The van der Waals surface area contributed by atoms with Crippen LogP contribution in [0.2, 0.25) is 0 Å². The lowest BCUT2D eigenvalue weighted by Gasteiger charge is -2.35. The summed E-state index contributed by atoms with van der Waals surface area (Å²) in [5.74, 6) is 0. The second kappa shape index (κ2) is 4.60. The minimum Gasteiger partial charge on any atom is -0.388 e. The van der Waals surface area contributed by atoms with E-state index < -0.39 is 20.7 Å². The molecule has 0 spiro atoms. The standard InChI is InChI=1S/C15H25NO3S/c1-14(2)8-12-11(13(17)9-14)6-7-16(12)10-15(3,4)20(5,18)19/h6-7,13,17H,8-10H2,1-5H3. The van der Waals surface area contributed by atoms with Crippen LogP contribution >= 0.6 is 0 Å². The summed E-state index contributed by atoms with van der Waals surface area (Å²) in [6, 6.07) is 1.92. The molecule has 1 aliphatic carbocycles. The van der Waals surface area contributed by atoms with E-state index in [0.717, 1.165) is 24.1 Å². The molecule has 1 atom stereocenters. The quantitative estimate of drug-likeness (QED) is 0.932. The fraction of sp³-hybridized carbons (Fsp3) is 0.733. The van der Waals surface area contributed by atoms with Crippen molar-refractivity contribution in [1.82, 2.24) is 4.57 Å². The van der Waals surface area contributed by atoms with Crippen molar-refractivity contribution >= 4 is 9.84 Å². The van der Waals surface area contributed by atoms with Gasteiger partial charge in [0, 0.05) is 30.3 Å². The highest BCUT2D eigenvalue weighted by Crippen LogP contribution is 2.41. The Kier molecular flexibility index (Phi) is 3.58. The molecular weight excluding hydrogens is 274 g/mol. The molecule has 0 bridgehead atoms. The van der Waals surface area contributed by atoms with Gasteiger partial charge in [0.05, 0.1) is 10.9 Å². The molecule has 1 unspecified atom stereocenters. The average molecular weight is 299 g/mol. The highest BCUT2D eigenvalue weighted by Gasteiger charge is 2.36. The van der Waals surface area contributed by atoms with Crippen LogP contribution in [0.4, 0.5) is 0 Å². The van der Waals surface area contributed by atoms with Gasteiger partial charge in [0.2, 0.25) is 0 Å². The molecule has 1 aliphatic rings. The SMILES string of the molecule is CC1(C)Cc2c(ccn2CC(C)(C)S(C)(=O)=O)C(O)C1. The lowest BCUT2D eigenvalue weighted by molar-refractivity contribution is 0.0978. The maximum absolute atomic E-state index is 11.9. The van der Waals surface area contributed by atoms with Crippen molar-refractivity contribution in [2.45, 2.75) is 57.9 Å². The maximum Gasteiger partial charge on any atom is 0.154 e. The smallest absolute Gasteiger partial charge is 0.154 e. The molecular formula is C15H25NO3S. The van der Waals surface area contributed by atoms with E-state index in [1.165, 1.54) is 6.26 Å². The van der Waals surface area contributed by atoms with Crippen molar-refractivity contribution in [1.29, 1.82) is 0 Å². The van der Waals surface area contributed by atoms with Crippen molar-refractivity contribution in [2.24, 2.45) is 5.41 Å². The molecule has 2 rings (SSSR count). The van der Waals surface area contributed by atoms with Gasteiger partial charge < -0.3 is 9.67 Å². The van der Waals surface area contributed by atoms with Crippen molar-refractivity contribution in [2.75, 3.05) is 6.26 Å². The van der Waals surface area contributed by atoms with Gasteiger partial charge in [-0.15, -0.1) is 0 Å². The summed E-state index contributed by atoms with van der Waals surface area (Å²) in [7, 11) is -3.13. The van der Waals surface area contributed by atoms with Gasteiger partial charge in [-0.1, -0.05) is 13.8 Å². The number of aliphatic hydroxyl groups is 1. The Hall–Kier alpha value is -0.810. The van der Waals surface area contributed by atoms with E-state index in [9.17, 15) is 13.5 Å².